The van der Waals surface area contributed by atoms with Crippen molar-refractivity contribution in [2.75, 3.05) is 0 Å². The molecule has 1 aromatic carbocycles. The molecule has 1 aromatic rings. The van der Waals surface area contributed by atoms with Crippen LogP contribution in [0, 0.1) is 0 Å². The molecule has 0 amide bonds. The lowest BCUT2D eigenvalue weighted by Gasteiger charge is -2.21. The van der Waals surface area contributed by atoms with Gasteiger partial charge in [-0.15, -0.1) is 0 Å². The van der Waals surface area contributed by atoms with Crippen LogP contribution in [0.3, 0.4) is 0 Å². The van der Waals surface area contributed by atoms with Crippen molar-refractivity contribution in [2.45, 2.75) is 39.1 Å². The fourth-order valence-electron chi connectivity index (χ4n) is 1.38. The van der Waals surface area contributed by atoms with Crippen molar-refractivity contribution in [3.05, 3.63) is 29.8 Å². The highest BCUT2D eigenvalue weighted by atomic mass is 28.3. The van der Waals surface area contributed by atoms with Gasteiger partial charge in [0.1, 0.15) is 0 Å². The smallest absolute Gasteiger partial charge is 0.0840 e. The van der Waals surface area contributed by atoms with Crippen LogP contribution in [0.25, 0.3) is 0 Å². The Balaban J connectivity index is 3.02. The van der Waals surface area contributed by atoms with E-state index >= 15 is 0 Å². The van der Waals surface area contributed by atoms with Gasteiger partial charge in [0.2, 0.25) is 0 Å². The highest BCUT2D eigenvalue weighted by molar-refractivity contribution is 6.88. The van der Waals surface area contributed by atoms with Crippen LogP contribution >= 0.6 is 0 Å². The summed E-state index contributed by atoms with van der Waals surface area (Å²) in [5.41, 5.74) is 0.261. The van der Waals surface area contributed by atoms with Gasteiger partial charge < -0.3 is 5.11 Å². The molecule has 0 aliphatic carbocycles. The predicted octanol–water partition coefficient (Wildman–Crippen LogP) is 2.46. The van der Waals surface area contributed by atoms with Crippen LogP contribution in [0.4, 0.5) is 0 Å². The van der Waals surface area contributed by atoms with Gasteiger partial charge in [0.05, 0.1) is 13.7 Å². The van der Waals surface area contributed by atoms with Crippen molar-refractivity contribution in [2.24, 2.45) is 0 Å². The van der Waals surface area contributed by atoms with Gasteiger partial charge in [0.15, 0.2) is 0 Å². The lowest BCUT2D eigenvalue weighted by molar-refractivity contribution is 0.0786. The normalized spacial score (nSPS) is 13.0. The van der Waals surface area contributed by atoms with E-state index in [1.807, 2.05) is 26.0 Å². The quantitative estimate of drug-likeness (QED) is 0.740. The third kappa shape index (κ3) is 2.69. The van der Waals surface area contributed by atoms with Crippen molar-refractivity contribution in [3.63, 3.8) is 0 Å². The molecule has 0 atom stereocenters. The minimum absolute atomic E-state index is 0.724. The van der Waals surface area contributed by atoms with Gasteiger partial charge >= 0.3 is 0 Å². The number of benzene rings is 1. The van der Waals surface area contributed by atoms with Crippen LogP contribution < -0.4 is 5.19 Å². The van der Waals surface area contributed by atoms with E-state index in [0.717, 1.165) is 5.56 Å². The summed E-state index contributed by atoms with van der Waals surface area (Å²) in [6.07, 6.45) is 0. The Hall–Kier alpha value is -0.603. The average Bonchev–Trinajstić information content (AvgIpc) is 2.01. The van der Waals surface area contributed by atoms with Crippen LogP contribution in [0.15, 0.2) is 24.3 Å². The lowest BCUT2D eigenvalue weighted by atomic mass is 9.99. The Morgan fingerprint density at radius 1 is 1.00 bits per heavy atom. The first-order chi connectivity index (χ1) is 6.21. The van der Waals surface area contributed by atoms with Gasteiger partial charge in [-0.25, -0.2) is 0 Å². The van der Waals surface area contributed by atoms with E-state index in [9.17, 15) is 5.11 Å². The molecule has 14 heavy (non-hydrogen) atoms. The Labute approximate surface area is 87.8 Å². The molecule has 0 aliphatic heterocycles. The van der Waals surface area contributed by atoms with Gasteiger partial charge in [-0.2, -0.15) is 0 Å². The minimum Gasteiger partial charge on any atom is -0.386 e. The summed E-state index contributed by atoms with van der Waals surface area (Å²) in [6.45, 7) is 10.6. The van der Waals surface area contributed by atoms with Crippen LogP contribution in [-0.4, -0.2) is 13.2 Å². The summed E-state index contributed by atoms with van der Waals surface area (Å²) in [4.78, 5) is 0. The zero-order valence-electron chi connectivity index (χ0n) is 9.76. The van der Waals surface area contributed by atoms with Gasteiger partial charge in [-0.3, -0.25) is 0 Å². The molecule has 1 N–H and O–H groups in total. The van der Waals surface area contributed by atoms with Gasteiger partial charge in [-0.1, -0.05) is 49.1 Å². The van der Waals surface area contributed by atoms with E-state index < -0.39 is 13.7 Å². The van der Waals surface area contributed by atoms with Crippen LogP contribution in [0.5, 0.6) is 0 Å². The van der Waals surface area contributed by atoms with E-state index in [-0.39, 0.29) is 0 Å². The Morgan fingerprint density at radius 2 is 1.43 bits per heavy atom. The van der Waals surface area contributed by atoms with E-state index in [4.69, 9.17) is 0 Å². The van der Waals surface area contributed by atoms with E-state index in [1.165, 1.54) is 5.19 Å². The maximum absolute atomic E-state index is 9.79. The number of aliphatic hydroxyl groups is 1. The van der Waals surface area contributed by atoms with Crippen molar-refractivity contribution >= 4 is 13.3 Å². The molecule has 1 rings (SSSR count). The molecule has 0 aliphatic rings. The van der Waals surface area contributed by atoms with Crippen molar-refractivity contribution < 1.29 is 5.11 Å². The van der Waals surface area contributed by atoms with Crippen LogP contribution in [-0.2, 0) is 5.60 Å². The molecule has 0 bridgehead atoms. The molecule has 0 spiro atoms. The van der Waals surface area contributed by atoms with Gasteiger partial charge in [-0.05, 0) is 19.4 Å². The van der Waals surface area contributed by atoms with Crippen molar-refractivity contribution in [3.8, 4) is 0 Å². The Bertz CT molecular complexity index is 268. The van der Waals surface area contributed by atoms with Crippen LogP contribution in [0.1, 0.15) is 19.4 Å². The second kappa shape index (κ2) is 3.52. The SMILES string of the molecule is CC(C)(O)c1ccc([Si](C)(C)C)cc1. The molecule has 0 fully saturated rings. The predicted molar refractivity (Wildman–Crippen MR) is 64.7 cm³/mol. The fraction of sp³-hybridized carbons (Fsp3) is 0.500. The van der Waals surface area contributed by atoms with E-state index in [2.05, 4.69) is 31.8 Å². The number of hydrogen-bond donors (Lipinski definition) is 1. The molecule has 0 heterocycles. The first kappa shape index (κ1) is 11.5. The monoisotopic (exact) mass is 208 g/mol. The second-order valence-corrected chi connectivity index (χ2v) is 10.5. The third-order valence-corrected chi connectivity index (χ3v) is 4.52. The highest BCUT2D eigenvalue weighted by Crippen LogP contribution is 2.18. The molecular weight excluding hydrogens is 188 g/mol. The topological polar surface area (TPSA) is 20.2 Å². The number of hydrogen-bond acceptors (Lipinski definition) is 1. The molecule has 0 saturated heterocycles. The number of rotatable bonds is 2. The highest BCUT2D eigenvalue weighted by Gasteiger charge is 2.19. The van der Waals surface area contributed by atoms with Crippen molar-refractivity contribution in [1.82, 2.24) is 0 Å². The average molecular weight is 208 g/mol. The molecule has 78 valence electrons. The first-order valence-corrected chi connectivity index (χ1v) is 8.54. The maximum Gasteiger partial charge on any atom is 0.0840 e. The standard InChI is InChI=1S/C12H20OSi/c1-12(2,13)10-6-8-11(9-7-10)14(3,4)5/h6-9,13H,1-5H3. The molecule has 2 heteroatoms. The van der Waals surface area contributed by atoms with E-state index in [0.29, 0.717) is 0 Å². The Kier molecular flexibility index (Phi) is 2.88. The zero-order chi connectivity index (χ0) is 11.0. The summed E-state index contributed by atoms with van der Waals surface area (Å²) in [7, 11) is -1.20. The first-order valence-electron chi connectivity index (χ1n) is 5.04. The summed E-state index contributed by atoms with van der Waals surface area (Å²) in [6, 6.07) is 8.38. The third-order valence-electron chi connectivity index (χ3n) is 2.46. The molecular formula is C12H20OSi. The molecule has 0 aromatic heterocycles. The fourth-order valence-corrected chi connectivity index (χ4v) is 2.54. The Morgan fingerprint density at radius 3 is 1.71 bits per heavy atom. The summed E-state index contributed by atoms with van der Waals surface area (Å²) < 4.78 is 0. The molecule has 0 saturated carbocycles. The lowest BCUT2D eigenvalue weighted by Crippen LogP contribution is -2.37. The summed E-state index contributed by atoms with van der Waals surface area (Å²) in [5, 5.41) is 11.2. The van der Waals surface area contributed by atoms with Crippen LogP contribution in [0.2, 0.25) is 19.6 Å². The van der Waals surface area contributed by atoms with E-state index in [1.54, 1.807) is 0 Å². The minimum atomic E-state index is -1.20. The zero-order valence-corrected chi connectivity index (χ0v) is 10.8. The van der Waals surface area contributed by atoms with Gasteiger partial charge in [0.25, 0.3) is 0 Å². The van der Waals surface area contributed by atoms with Gasteiger partial charge in [0, 0.05) is 0 Å². The molecule has 1 nitrogen and oxygen atoms in total. The van der Waals surface area contributed by atoms with Crippen molar-refractivity contribution in [1.29, 1.82) is 0 Å². The second-order valence-electron chi connectivity index (χ2n) is 5.39. The molecule has 0 radical (unpaired) electrons. The maximum atomic E-state index is 9.79. The molecule has 0 unspecified atom stereocenters. The summed E-state index contributed by atoms with van der Waals surface area (Å²) >= 11 is 0. The summed E-state index contributed by atoms with van der Waals surface area (Å²) in [5.74, 6) is 0. The largest absolute Gasteiger partial charge is 0.386 e.